The summed E-state index contributed by atoms with van der Waals surface area (Å²) in [6.07, 6.45) is 4.03. The molecule has 1 heterocycles. The molecule has 0 spiro atoms. The van der Waals surface area contributed by atoms with Crippen LogP contribution in [0.25, 0.3) is 0 Å². The number of carbonyl (C=O) groups excluding carboxylic acids is 1. The number of ether oxygens (including phenoxy) is 2. The SMILES string of the molecule is CCCC[C@H](CC)C(=O)Nc1ccc2c(c1)OCO2. The molecule has 1 aliphatic heterocycles. The molecular weight excluding hydrogens is 242 g/mol. The second kappa shape index (κ2) is 6.45. The van der Waals surface area contributed by atoms with E-state index in [9.17, 15) is 4.79 Å². The summed E-state index contributed by atoms with van der Waals surface area (Å²) < 4.78 is 10.5. The molecule has 1 aromatic carbocycles. The van der Waals surface area contributed by atoms with E-state index in [1.54, 1.807) is 0 Å². The minimum Gasteiger partial charge on any atom is -0.454 e. The second-order valence-corrected chi connectivity index (χ2v) is 4.80. The fraction of sp³-hybridized carbons (Fsp3) is 0.533. The molecule has 0 fully saturated rings. The van der Waals surface area contributed by atoms with E-state index in [1.165, 1.54) is 0 Å². The quantitative estimate of drug-likeness (QED) is 0.853. The Labute approximate surface area is 114 Å². The van der Waals surface area contributed by atoms with E-state index in [0.717, 1.165) is 37.1 Å². The predicted octanol–water partition coefficient (Wildman–Crippen LogP) is 3.57. The molecule has 0 bridgehead atoms. The van der Waals surface area contributed by atoms with Gasteiger partial charge >= 0.3 is 0 Å². The van der Waals surface area contributed by atoms with Gasteiger partial charge in [0.05, 0.1) is 0 Å². The highest BCUT2D eigenvalue weighted by Crippen LogP contribution is 2.34. The van der Waals surface area contributed by atoms with Crippen molar-refractivity contribution < 1.29 is 14.3 Å². The van der Waals surface area contributed by atoms with Gasteiger partial charge in [0.1, 0.15) is 0 Å². The minimum atomic E-state index is 0.0883. The normalized spacial score (nSPS) is 14.2. The smallest absolute Gasteiger partial charge is 0.231 e. The first kappa shape index (κ1) is 13.7. The standard InChI is InChI=1S/C15H21NO3/c1-3-5-6-11(4-2)15(17)16-12-7-8-13-14(9-12)19-10-18-13/h7-9,11H,3-6,10H2,1-2H3,(H,16,17)/t11-/m0/s1. The number of fused-ring (bicyclic) bond motifs is 1. The molecule has 0 aromatic heterocycles. The molecule has 0 saturated heterocycles. The maximum atomic E-state index is 12.2. The van der Waals surface area contributed by atoms with Crippen LogP contribution in [0.2, 0.25) is 0 Å². The first-order valence-electron chi connectivity index (χ1n) is 6.95. The highest BCUT2D eigenvalue weighted by atomic mass is 16.7. The van der Waals surface area contributed by atoms with Gasteiger partial charge in [-0.1, -0.05) is 26.7 Å². The van der Waals surface area contributed by atoms with Crippen LogP contribution in [0.4, 0.5) is 5.69 Å². The van der Waals surface area contributed by atoms with Crippen molar-refractivity contribution in [3.05, 3.63) is 18.2 Å². The maximum Gasteiger partial charge on any atom is 0.231 e. The number of unbranched alkanes of at least 4 members (excludes halogenated alkanes) is 1. The van der Waals surface area contributed by atoms with E-state index in [0.29, 0.717) is 5.75 Å². The van der Waals surface area contributed by atoms with Crippen LogP contribution in [0.1, 0.15) is 39.5 Å². The van der Waals surface area contributed by atoms with Gasteiger partial charge in [-0.2, -0.15) is 0 Å². The molecule has 2 rings (SSSR count). The van der Waals surface area contributed by atoms with Crippen LogP contribution in [-0.2, 0) is 4.79 Å². The summed E-state index contributed by atoms with van der Waals surface area (Å²) in [7, 11) is 0. The highest BCUT2D eigenvalue weighted by Gasteiger charge is 2.18. The van der Waals surface area contributed by atoms with Crippen molar-refractivity contribution in [2.75, 3.05) is 12.1 Å². The topological polar surface area (TPSA) is 47.6 Å². The number of rotatable bonds is 6. The molecule has 4 nitrogen and oxygen atoms in total. The summed E-state index contributed by atoms with van der Waals surface area (Å²) in [5.74, 6) is 1.61. The molecule has 1 amide bonds. The fourth-order valence-electron chi connectivity index (χ4n) is 2.19. The second-order valence-electron chi connectivity index (χ2n) is 4.80. The van der Waals surface area contributed by atoms with Crippen molar-refractivity contribution in [1.29, 1.82) is 0 Å². The number of benzene rings is 1. The van der Waals surface area contributed by atoms with Crippen molar-refractivity contribution in [3.63, 3.8) is 0 Å². The molecule has 0 saturated carbocycles. The third-order valence-electron chi connectivity index (χ3n) is 3.41. The van der Waals surface area contributed by atoms with Crippen molar-refractivity contribution >= 4 is 11.6 Å². The lowest BCUT2D eigenvalue weighted by Crippen LogP contribution is -2.22. The number of nitrogens with one attached hydrogen (secondary N) is 1. The monoisotopic (exact) mass is 263 g/mol. The third-order valence-corrected chi connectivity index (χ3v) is 3.41. The van der Waals surface area contributed by atoms with Gasteiger partial charge in [0, 0.05) is 17.7 Å². The van der Waals surface area contributed by atoms with Crippen molar-refractivity contribution in [2.45, 2.75) is 39.5 Å². The third kappa shape index (κ3) is 3.40. The number of hydrogen-bond donors (Lipinski definition) is 1. The summed E-state index contributed by atoms with van der Waals surface area (Å²) >= 11 is 0. The summed E-state index contributed by atoms with van der Waals surface area (Å²) in [5, 5.41) is 2.96. The molecule has 0 unspecified atom stereocenters. The first-order valence-corrected chi connectivity index (χ1v) is 6.95. The summed E-state index contributed by atoms with van der Waals surface area (Å²) in [5.41, 5.74) is 0.768. The number of hydrogen-bond acceptors (Lipinski definition) is 3. The van der Waals surface area contributed by atoms with Crippen LogP contribution >= 0.6 is 0 Å². The first-order chi connectivity index (χ1) is 9.24. The average Bonchev–Trinajstić information content (AvgIpc) is 2.87. The molecule has 19 heavy (non-hydrogen) atoms. The number of amides is 1. The molecule has 0 aliphatic carbocycles. The minimum absolute atomic E-state index is 0.0883. The summed E-state index contributed by atoms with van der Waals surface area (Å²) in [6, 6.07) is 5.48. The van der Waals surface area contributed by atoms with E-state index in [-0.39, 0.29) is 18.6 Å². The Hall–Kier alpha value is -1.71. The van der Waals surface area contributed by atoms with Crippen molar-refractivity contribution in [2.24, 2.45) is 5.92 Å². The Balaban J connectivity index is 1.97. The van der Waals surface area contributed by atoms with E-state index in [2.05, 4.69) is 19.2 Å². The van der Waals surface area contributed by atoms with E-state index < -0.39 is 0 Å². The van der Waals surface area contributed by atoms with Crippen LogP contribution in [0.3, 0.4) is 0 Å². The van der Waals surface area contributed by atoms with Crippen LogP contribution in [0.5, 0.6) is 11.5 Å². The van der Waals surface area contributed by atoms with Crippen LogP contribution in [0.15, 0.2) is 18.2 Å². The van der Waals surface area contributed by atoms with Gasteiger partial charge in [-0.05, 0) is 25.0 Å². The summed E-state index contributed by atoms with van der Waals surface area (Å²) in [6.45, 7) is 4.45. The van der Waals surface area contributed by atoms with Gasteiger partial charge in [-0.15, -0.1) is 0 Å². The van der Waals surface area contributed by atoms with Gasteiger partial charge in [0.2, 0.25) is 12.7 Å². The molecule has 1 atom stereocenters. The molecule has 4 heteroatoms. The van der Waals surface area contributed by atoms with Crippen LogP contribution in [0, 0.1) is 5.92 Å². The lowest BCUT2D eigenvalue weighted by atomic mass is 9.98. The van der Waals surface area contributed by atoms with Gasteiger partial charge in [0.15, 0.2) is 11.5 Å². The highest BCUT2D eigenvalue weighted by molar-refractivity contribution is 5.92. The number of carbonyl (C=O) groups is 1. The molecular formula is C15H21NO3. The van der Waals surface area contributed by atoms with Gasteiger partial charge in [-0.25, -0.2) is 0 Å². The summed E-state index contributed by atoms with van der Waals surface area (Å²) in [4.78, 5) is 12.2. The van der Waals surface area contributed by atoms with Crippen molar-refractivity contribution in [1.82, 2.24) is 0 Å². The zero-order valence-corrected chi connectivity index (χ0v) is 11.6. The number of anilines is 1. The Morgan fingerprint density at radius 3 is 2.84 bits per heavy atom. The fourth-order valence-corrected chi connectivity index (χ4v) is 2.19. The van der Waals surface area contributed by atoms with Crippen molar-refractivity contribution in [3.8, 4) is 11.5 Å². The van der Waals surface area contributed by atoms with Gasteiger partial charge in [0.25, 0.3) is 0 Å². The Morgan fingerprint density at radius 1 is 1.32 bits per heavy atom. The van der Waals surface area contributed by atoms with Crippen LogP contribution in [-0.4, -0.2) is 12.7 Å². The lowest BCUT2D eigenvalue weighted by molar-refractivity contribution is -0.120. The maximum absolute atomic E-state index is 12.2. The molecule has 1 N–H and O–H groups in total. The molecule has 1 aromatic rings. The Kier molecular flexibility index (Phi) is 4.66. The van der Waals surface area contributed by atoms with E-state index >= 15 is 0 Å². The largest absolute Gasteiger partial charge is 0.454 e. The molecule has 0 radical (unpaired) electrons. The van der Waals surface area contributed by atoms with E-state index in [4.69, 9.17) is 9.47 Å². The average molecular weight is 263 g/mol. The van der Waals surface area contributed by atoms with E-state index in [1.807, 2.05) is 18.2 Å². The lowest BCUT2D eigenvalue weighted by Gasteiger charge is -2.14. The predicted molar refractivity (Wildman–Crippen MR) is 74.5 cm³/mol. The van der Waals surface area contributed by atoms with Gasteiger partial charge < -0.3 is 14.8 Å². The Bertz CT molecular complexity index is 445. The van der Waals surface area contributed by atoms with Gasteiger partial charge in [-0.3, -0.25) is 4.79 Å². The zero-order chi connectivity index (χ0) is 13.7. The Morgan fingerprint density at radius 2 is 2.11 bits per heavy atom. The molecule has 104 valence electrons. The molecule has 1 aliphatic rings. The van der Waals surface area contributed by atoms with Crippen LogP contribution < -0.4 is 14.8 Å². The zero-order valence-electron chi connectivity index (χ0n) is 11.6.